The van der Waals surface area contributed by atoms with Crippen LogP contribution in [0.25, 0.3) is 11.2 Å². The van der Waals surface area contributed by atoms with E-state index in [-0.39, 0.29) is 23.3 Å². The van der Waals surface area contributed by atoms with E-state index in [1.165, 1.54) is 17.8 Å². The molecule has 17 heavy (non-hydrogen) atoms. The van der Waals surface area contributed by atoms with Crippen molar-refractivity contribution in [1.29, 1.82) is 0 Å². The number of hydrogen-bond acceptors (Lipinski definition) is 4. The number of fused-ring (bicyclic) bond motifs is 2. The molecular formula is C11H12N4O2. The Labute approximate surface area is 96.7 Å². The fraction of sp³-hybridized carbons (Fsp3) is 0.455. The Hall–Kier alpha value is -1.98. The monoisotopic (exact) mass is 232 g/mol. The van der Waals surface area contributed by atoms with Crippen LogP contribution >= 0.6 is 0 Å². The van der Waals surface area contributed by atoms with Gasteiger partial charge in [-0.3, -0.25) is 14.2 Å². The van der Waals surface area contributed by atoms with Crippen LogP contribution in [0.4, 0.5) is 0 Å². The minimum atomic E-state index is -0.382. The first kappa shape index (κ1) is 10.2. The average molecular weight is 232 g/mol. The molecule has 2 atom stereocenters. The number of aromatic nitrogens is 4. The van der Waals surface area contributed by atoms with Crippen LogP contribution in [0.5, 0.6) is 0 Å². The summed E-state index contributed by atoms with van der Waals surface area (Å²) in [6.07, 6.45) is 2.09. The van der Waals surface area contributed by atoms with Crippen molar-refractivity contribution in [2.45, 2.75) is 32.2 Å². The van der Waals surface area contributed by atoms with Gasteiger partial charge in [0.25, 0.3) is 5.56 Å². The number of carbonyl (C=O) groups excluding carboxylic acids is 1. The summed E-state index contributed by atoms with van der Waals surface area (Å²) in [5, 5.41) is 0. The zero-order valence-corrected chi connectivity index (χ0v) is 9.60. The van der Waals surface area contributed by atoms with Gasteiger partial charge in [-0.15, -0.1) is 0 Å². The number of H-pyrrole nitrogens is 1. The second kappa shape index (κ2) is 3.26. The molecule has 0 aromatic carbocycles. The Bertz CT molecular complexity index is 670. The number of rotatable bonds is 1. The SMILES string of the molecule is CC(=O)C1CC(C)c2nc3nc[nH]c3c(=O)n21. The number of Topliss-reactive ketones (excluding diaryl/α,β-unsaturated/α-hetero) is 1. The largest absolute Gasteiger partial charge is 0.339 e. The van der Waals surface area contributed by atoms with Crippen LogP contribution in [0.15, 0.2) is 11.1 Å². The summed E-state index contributed by atoms with van der Waals surface area (Å²) < 4.78 is 1.51. The highest BCUT2D eigenvalue weighted by Gasteiger charge is 2.34. The molecule has 88 valence electrons. The number of ketones is 1. The molecule has 0 amide bonds. The number of nitrogens with one attached hydrogen (secondary N) is 1. The quantitative estimate of drug-likeness (QED) is 0.787. The minimum Gasteiger partial charge on any atom is -0.339 e. The lowest BCUT2D eigenvalue weighted by molar-refractivity contribution is -0.120. The Morgan fingerprint density at radius 1 is 1.59 bits per heavy atom. The van der Waals surface area contributed by atoms with Crippen molar-refractivity contribution in [3.63, 3.8) is 0 Å². The number of nitrogens with zero attached hydrogens (tertiary/aromatic N) is 3. The van der Waals surface area contributed by atoms with Gasteiger partial charge in [0.05, 0.1) is 12.4 Å². The van der Waals surface area contributed by atoms with Crippen LogP contribution in [0, 0.1) is 0 Å². The zero-order valence-electron chi connectivity index (χ0n) is 9.60. The van der Waals surface area contributed by atoms with Crippen molar-refractivity contribution >= 4 is 16.9 Å². The molecule has 6 heteroatoms. The number of aromatic amines is 1. The van der Waals surface area contributed by atoms with E-state index in [9.17, 15) is 9.59 Å². The lowest BCUT2D eigenvalue weighted by atomic mass is 10.0. The molecule has 1 N–H and O–H groups in total. The van der Waals surface area contributed by atoms with Gasteiger partial charge in [0.15, 0.2) is 16.9 Å². The lowest BCUT2D eigenvalue weighted by Crippen LogP contribution is -2.27. The molecule has 2 aromatic heterocycles. The first-order valence-corrected chi connectivity index (χ1v) is 5.55. The molecule has 0 spiro atoms. The third-order valence-electron chi connectivity index (χ3n) is 3.32. The van der Waals surface area contributed by atoms with Crippen LogP contribution in [0.2, 0.25) is 0 Å². The Morgan fingerprint density at radius 3 is 3.06 bits per heavy atom. The van der Waals surface area contributed by atoms with Crippen LogP contribution in [0.3, 0.4) is 0 Å². The summed E-state index contributed by atoms with van der Waals surface area (Å²) in [5.41, 5.74) is 0.596. The summed E-state index contributed by atoms with van der Waals surface area (Å²) in [7, 11) is 0. The van der Waals surface area contributed by atoms with Crippen LogP contribution in [-0.4, -0.2) is 25.3 Å². The third-order valence-corrected chi connectivity index (χ3v) is 3.32. The lowest BCUT2D eigenvalue weighted by Gasteiger charge is -2.09. The standard InChI is InChI=1S/C11H12N4O2/c1-5-3-7(6(2)16)15-10(5)14-9-8(11(15)17)12-4-13-9/h4-5,7H,3H2,1-2H3,(H,12,13). The van der Waals surface area contributed by atoms with E-state index >= 15 is 0 Å². The minimum absolute atomic E-state index is 0.00151. The van der Waals surface area contributed by atoms with E-state index < -0.39 is 0 Å². The van der Waals surface area contributed by atoms with E-state index in [4.69, 9.17) is 0 Å². The third kappa shape index (κ3) is 1.26. The predicted octanol–water partition coefficient (Wildman–Crippen LogP) is 0.757. The van der Waals surface area contributed by atoms with Gasteiger partial charge in [-0.2, -0.15) is 0 Å². The van der Waals surface area contributed by atoms with Crippen molar-refractivity contribution in [2.24, 2.45) is 0 Å². The van der Waals surface area contributed by atoms with Crippen LogP contribution in [0.1, 0.15) is 38.1 Å². The van der Waals surface area contributed by atoms with Gasteiger partial charge in [0.2, 0.25) is 0 Å². The molecule has 1 aliphatic rings. The predicted molar refractivity (Wildman–Crippen MR) is 60.9 cm³/mol. The molecule has 1 aliphatic heterocycles. The van der Waals surface area contributed by atoms with Gasteiger partial charge in [-0.25, -0.2) is 9.97 Å². The molecular weight excluding hydrogens is 220 g/mol. The summed E-state index contributed by atoms with van der Waals surface area (Å²) >= 11 is 0. The number of imidazole rings is 1. The maximum atomic E-state index is 12.2. The topological polar surface area (TPSA) is 80.6 Å². The zero-order chi connectivity index (χ0) is 12.2. The average Bonchev–Trinajstić information content (AvgIpc) is 2.85. The van der Waals surface area contributed by atoms with Crippen LogP contribution < -0.4 is 5.56 Å². The Balaban J connectivity index is 2.38. The second-order valence-electron chi connectivity index (χ2n) is 4.51. The summed E-state index contributed by atoms with van der Waals surface area (Å²) in [5.74, 6) is 0.769. The number of hydrogen-bond donors (Lipinski definition) is 1. The highest BCUT2D eigenvalue weighted by Crippen LogP contribution is 2.33. The Morgan fingerprint density at radius 2 is 2.35 bits per heavy atom. The summed E-state index contributed by atoms with van der Waals surface area (Å²) in [4.78, 5) is 34.9. The van der Waals surface area contributed by atoms with E-state index in [2.05, 4.69) is 15.0 Å². The van der Waals surface area contributed by atoms with Gasteiger partial charge < -0.3 is 4.98 Å². The molecule has 3 rings (SSSR count). The van der Waals surface area contributed by atoms with E-state index in [1.807, 2.05) is 6.92 Å². The fourth-order valence-electron chi connectivity index (χ4n) is 2.46. The molecule has 0 radical (unpaired) electrons. The highest BCUT2D eigenvalue weighted by atomic mass is 16.1. The molecule has 0 saturated heterocycles. The fourth-order valence-corrected chi connectivity index (χ4v) is 2.46. The van der Waals surface area contributed by atoms with Crippen LogP contribution in [-0.2, 0) is 4.79 Å². The molecule has 3 heterocycles. The van der Waals surface area contributed by atoms with Crippen molar-refractivity contribution in [2.75, 3.05) is 0 Å². The van der Waals surface area contributed by atoms with Gasteiger partial charge in [0.1, 0.15) is 5.82 Å². The number of carbonyl (C=O) groups is 1. The van der Waals surface area contributed by atoms with E-state index in [0.717, 1.165) is 0 Å². The molecule has 2 aromatic rings. The normalized spacial score (nSPS) is 22.9. The van der Waals surface area contributed by atoms with Crippen molar-refractivity contribution < 1.29 is 4.79 Å². The summed E-state index contributed by atoms with van der Waals surface area (Å²) in [6.45, 7) is 3.48. The molecule has 6 nitrogen and oxygen atoms in total. The molecule has 0 saturated carbocycles. The molecule has 0 bridgehead atoms. The first-order valence-electron chi connectivity index (χ1n) is 5.55. The van der Waals surface area contributed by atoms with Crippen molar-refractivity contribution in [3.8, 4) is 0 Å². The van der Waals surface area contributed by atoms with Crippen molar-refractivity contribution in [1.82, 2.24) is 19.5 Å². The highest BCUT2D eigenvalue weighted by molar-refractivity contribution is 5.81. The van der Waals surface area contributed by atoms with Gasteiger partial charge in [-0.05, 0) is 13.3 Å². The van der Waals surface area contributed by atoms with E-state index in [1.54, 1.807) is 0 Å². The van der Waals surface area contributed by atoms with Gasteiger partial charge in [0, 0.05) is 5.92 Å². The van der Waals surface area contributed by atoms with Gasteiger partial charge in [-0.1, -0.05) is 6.92 Å². The first-order chi connectivity index (χ1) is 8.09. The smallest absolute Gasteiger partial charge is 0.280 e. The van der Waals surface area contributed by atoms with Gasteiger partial charge >= 0.3 is 0 Å². The maximum absolute atomic E-state index is 12.2. The molecule has 0 aliphatic carbocycles. The second-order valence-corrected chi connectivity index (χ2v) is 4.51. The molecule has 0 fully saturated rings. The Kier molecular flexibility index (Phi) is 1.95. The summed E-state index contributed by atoms with van der Waals surface area (Å²) in [6, 6.07) is -0.382. The van der Waals surface area contributed by atoms with Crippen molar-refractivity contribution in [3.05, 3.63) is 22.5 Å². The van der Waals surface area contributed by atoms with E-state index in [0.29, 0.717) is 23.4 Å². The molecule has 2 unspecified atom stereocenters. The maximum Gasteiger partial charge on any atom is 0.280 e.